The van der Waals surface area contributed by atoms with Crippen LogP contribution in [-0.2, 0) is 11.2 Å². The SMILES string of the molecule is O=C(NCCc1ccccc1F)C1CCN(C(=O)Nc2cccnc2N2CCCC2)CC1. The molecule has 3 heterocycles. The van der Waals surface area contributed by atoms with E-state index in [9.17, 15) is 14.0 Å². The fourth-order valence-electron chi connectivity index (χ4n) is 4.38. The van der Waals surface area contributed by atoms with E-state index >= 15 is 0 Å². The molecular weight excluding hydrogens is 409 g/mol. The molecule has 0 radical (unpaired) electrons. The van der Waals surface area contributed by atoms with Crippen LogP contribution in [0.4, 0.5) is 20.7 Å². The van der Waals surface area contributed by atoms with Gasteiger partial charge in [-0.15, -0.1) is 0 Å². The number of halogens is 1. The normalized spacial score (nSPS) is 16.8. The molecule has 2 saturated heterocycles. The Morgan fingerprint density at radius 1 is 1.03 bits per heavy atom. The van der Waals surface area contributed by atoms with Crippen LogP contribution < -0.4 is 15.5 Å². The maximum atomic E-state index is 13.7. The zero-order valence-electron chi connectivity index (χ0n) is 18.2. The number of amides is 3. The van der Waals surface area contributed by atoms with Gasteiger partial charge in [-0.2, -0.15) is 0 Å². The van der Waals surface area contributed by atoms with E-state index < -0.39 is 0 Å². The number of pyridine rings is 1. The molecule has 2 N–H and O–H groups in total. The molecule has 8 heteroatoms. The highest BCUT2D eigenvalue weighted by Crippen LogP contribution is 2.27. The Kier molecular flexibility index (Phi) is 7.19. The number of carbonyl (C=O) groups excluding carboxylic acids is 2. The average molecular weight is 440 g/mol. The lowest BCUT2D eigenvalue weighted by molar-refractivity contribution is -0.126. The topological polar surface area (TPSA) is 77.6 Å². The zero-order chi connectivity index (χ0) is 22.3. The van der Waals surface area contributed by atoms with E-state index in [4.69, 9.17) is 0 Å². The number of benzene rings is 1. The van der Waals surface area contributed by atoms with E-state index in [0.717, 1.165) is 37.4 Å². The number of anilines is 2. The van der Waals surface area contributed by atoms with Gasteiger partial charge in [-0.1, -0.05) is 18.2 Å². The number of nitrogens with zero attached hydrogens (tertiary/aromatic N) is 3. The molecule has 7 nitrogen and oxygen atoms in total. The summed E-state index contributed by atoms with van der Waals surface area (Å²) in [5, 5.41) is 5.92. The molecule has 0 saturated carbocycles. The number of carbonyl (C=O) groups is 2. The number of piperidine rings is 1. The van der Waals surface area contributed by atoms with Gasteiger partial charge in [0.05, 0.1) is 5.69 Å². The van der Waals surface area contributed by atoms with E-state index in [1.807, 2.05) is 12.1 Å². The summed E-state index contributed by atoms with van der Waals surface area (Å²) in [6, 6.07) is 10.2. The van der Waals surface area contributed by atoms with Gasteiger partial charge in [-0.3, -0.25) is 4.79 Å². The third-order valence-corrected chi connectivity index (χ3v) is 6.24. The van der Waals surface area contributed by atoms with E-state index in [0.29, 0.717) is 44.5 Å². The number of hydrogen-bond acceptors (Lipinski definition) is 4. The smallest absolute Gasteiger partial charge is 0.321 e. The Hall–Kier alpha value is -3.16. The highest BCUT2D eigenvalue weighted by atomic mass is 19.1. The predicted molar refractivity (Wildman–Crippen MR) is 122 cm³/mol. The number of likely N-dealkylation sites (tertiary alicyclic amines) is 1. The van der Waals surface area contributed by atoms with Crippen LogP contribution in [0.15, 0.2) is 42.6 Å². The second-order valence-corrected chi connectivity index (χ2v) is 8.39. The van der Waals surface area contributed by atoms with Crippen LogP contribution in [0.25, 0.3) is 0 Å². The van der Waals surface area contributed by atoms with Gasteiger partial charge in [0.2, 0.25) is 5.91 Å². The van der Waals surface area contributed by atoms with Crippen molar-refractivity contribution in [1.82, 2.24) is 15.2 Å². The summed E-state index contributed by atoms with van der Waals surface area (Å²) in [6.45, 7) is 3.36. The number of urea groups is 1. The van der Waals surface area contributed by atoms with E-state index in [1.54, 1.807) is 29.3 Å². The van der Waals surface area contributed by atoms with Crippen molar-refractivity contribution in [3.63, 3.8) is 0 Å². The molecule has 2 fully saturated rings. The summed E-state index contributed by atoms with van der Waals surface area (Å²) in [4.78, 5) is 33.7. The van der Waals surface area contributed by atoms with Crippen LogP contribution in [-0.4, -0.2) is 54.5 Å². The van der Waals surface area contributed by atoms with Crippen molar-refractivity contribution in [3.05, 3.63) is 54.0 Å². The fraction of sp³-hybridized carbons (Fsp3) is 0.458. The lowest BCUT2D eigenvalue weighted by atomic mass is 9.96. The monoisotopic (exact) mass is 439 g/mol. The molecule has 0 unspecified atom stereocenters. The van der Waals surface area contributed by atoms with Crippen molar-refractivity contribution < 1.29 is 14.0 Å². The third kappa shape index (κ3) is 5.36. The standard InChI is InChI=1S/C24H30FN5O2/c25-20-7-2-1-6-18(20)9-13-27-23(31)19-10-16-30(17-11-19)24(32)28-21-8-5-12-26-22(21)29-14-3-4-15-29/h1-2,5-8,12,19H,3-4,9-11,13-17H2,(H,27,31)(H,28,32). The summed E-state index contributed by atoms with van der Waals surface area (Å²) in [7, 11) is 0. The Morgan fingerprint density at radius 2 is 1.78 bits per heavy atom. The van der Waals surface area contributed by atoms with Crippen LogP contribution in [0.1, 0.15) is 31.2 Å². The second-order valence-electron chi connectivity index (χ2n) is 8.39. The molecule has 4 rings (SSSR count). The number of aromatic nitrogens is 1. The maximum absolute atomic E-state index is 13.7. The zero-order valence-corrected chi connectivity index (χ0v) is 18.2. The summed E-state index contributed by atoms with van der Waals surface area (Å²) in [5.74, 6) is 0.424. The lowest BCUT2D eigenvalue weighted by Crippen LogP contribution is -2.45. The summed E-state index contributed by atoms with van der Waals surface area (Å²) >= 11 is 0. The van der Waals surface area contributed by atoms with Gasteiger partial charge in [-0.25, -0.2) is 14.2 Å². The van der Waals surface area contributed by atoms with Gasteiger partial charge in [0.1, 0.15) is 5.82 Å². The molecule has 32 heavy (non-hydrogen) atoms. The first-order valence-electron chi connectivity index (χ1n) is 11.4. The van der Waals surface area contributed by atoms with Crippen molar-refractivity contribution in [2.45, 2.75) is 32.1 Å². The first-order chi connectivity index (χ1) is 15.6. The van der Waals surface area contributed by atoms with Gasteiger partial charge in [0.15, 0.2) is 5.82 Å². The van der Waals surface area contributed by atoms with Gasteiger partial charge in [0.25, 0.3) is 0 Å². The van der Waals surface area contributed by atoms with E-state index in [2.05, 4.69) is 20.5 Å². The van der Waals surface area contributed by atoms with Crippen molar-refractivity contribution in [2.75, 3.05) is 42.9 Å². The molecule has 0 aliphatic carbocycles. The Labute approximate surface area is 188 Å². The predicted octanol–water partition coefficient (Wildman–Crippen LogP) is 3.42. The second kappa shape index (κ2) is 10.4. The molecule has 2 aliphatic rings. The first kappa shape index (κ1) is 22.0. The summed E-state index contributed by atoms with van der Waals surface area (Å²) in [5.41, 5.74) is 1.33. The minimum Gasteiger partial charge on any atom is -0.356 e. The average Bonchev–Trinajstić information content (AvgIpc) is 3.35. The van der Waals surface area contributed by atoms with Gasteiger partial charge in [-0.05, 0) is 55.9 Å². The minimum atomic E-state index is -0.248. The van der Waals surface area contributed by atoms with Crippen LogP contribution in [0.3, 0.4) is 0 Å². The van der Waals surface area contributed by atoms with E-state index in [1.165, 1.54) is 6.07 Å². The van der Waals surface area contributed by atoms with Crippen LogP contribution >= 0.6 is 0 Å². The molecule has 170 valence electrons. The van der Waals surface area contributed by atoms with Crippen LogP contribution in [0.2, 0.25) is 0 Å². The molecule has 0 atom stereocenters. The molecular formula is C24H30FN5O2. The van der Waals surface area contributed by atoms with Crippen molar-refractivity contribution >= 4 is 23.4 Å². The molecule has 0 spiro atoms. The van der Waals surface area contributed by atoms with E-state index in [-0.39, 0.29) is 23.7 Å². The largest absolute Gasteiger partial charge is 0.356 e. The van der Waals surface area contributed by atoms with Gasteiger partial charge in [0, 0.05) is 44.8 Å². The number of nitrogens with one attached hydrogen (secondary N) is 2. The van der Waals surface area contributed by atoms with Crippen molar-refractivity contribution in [1.29, 1.82) is 0 Å². The molecule has 0 bridgehead atoms. The van der Waals surface area contributed by atoms with Gasteiger partial charge >= 0.3 is 6.03 Å². The highest BCUT2D eigenvalue weighted by molar-refractivity contribution is 5.92. The molecule has 1 aromatic heterocycles. The summed E-state index contributed by atoms with van der Waals surface area (Å²) < 4.78 is 13.7. The van der Waals surface area contributed by atoms with Crippen LogP contribution in [0.5, 0.6) is 0 Å². The molecule has 2 aromatic rings. The first-order valence-corrected chi connectivity index (χ1v) is 11.4. The Morgan fingerprint density at radius 3 is 2.53 bits per heavy atom. The molecule has 3 amide bonds. The summed E-state index contributed by atoms with van der Waals surface area (Å²) in [6.07, 6.45) is 5.72. The van der Waals surface area contributed by atoms with Crippen molar-refractivity contribution in [2.24, 2.45) is 5.92 Å². The fourth-order valence-corrected chi connectivity index (χ4v) is 4.38. The molecule has 1 aromatic carbocycles. The highest BCUT2D eigenvalue weighted by Gasteiger charge is 2.28. The number of hydrogen-bond donors (Lipinski definition) is 2. The number of rotatable bonds is 6. The van der Waals surface area contributed by atoms with Gasteiger partial charge < -0.3 is 20.4 Å². The Balaban J connectivity index is 1.23. The lowest BCUT2D eigenvalue weighted by Gasteiger charge is -2.31. The van der Waals surface area contributed by atoms with Crippen molar-refractivity contribution in [3.8, 4) is 0 Å². The Bertz CT molecular complexity index is 939. The quantitative estimate of drug-likeness (QED) is 0.723. The maximum Gasteiger partial charge on any atom is 0.321 e. The van der Waals surface area contributed by atoms with Crippen LogP contribution in [0, 0.1) is 11.7 Å². The molecule has 2 aliphatic heterocycles. The minimum absolute atomic E-state index is 0.0232. The third-order valence-electron chi connectivity index (χ3n) is 6.24.